The number of fused-ring (bicyclic) bond motifs is 1. The predicted molar refractivity (Wildman–Crippen MR) is 67.4 cm³/mol. The molecule has 0 saturated carbocycles. The zero-order chi connectivity index (χ0) is 12.9. The lowest BCUT2D eigenvalue weighted by Crippen LogP contribution is -1.91. The van der Waals surface area contributed by atoms with Gasteiger partial charge in [0.05, 0.1) is 5.52 Å². The van der Waals surface area contributed by atoms with Crippen molar-refractivity contribution in [3.05, 3.63) is 30.0 Å². The van der Waals surface area contributed by atoms with Gasteiger partial charge in [-0.25, -0.2) is 4.98 Å². The van der Waals surface area contributed by atoms with Crippen LogP contribution in [0.15, 0.2) is 18.2 Å². The molecule has 0 radical (unpaired) electrons. The lowest BCUT2D eigenvalue weighted by Gasteiger charge is -2.00. The fourth-order valence-electron chi connectivity index (χ4n) is 2.10. The van der Waals surface area contributed by atoms with Crippen LogP contribution in [0.4, 0.5) is 10.2 Å². The van der Waals surface area contributed by atoms with E-state index in [1.165, 1.54) is 0 Å². The van der Waals surface area contributed by atoms with E-state index in [1.54, 1.807) is 24.7 Å². The van der Waals surface area contributed by atoms with Crippen LogP contribution in [-0.4, -0.2) is 19.7 Å². The molecule has 0 unspecified atom stereocenters. The number of halogens is 1. The maximum atomic E-state index is 13.6. The molecule has 3 aromatic rings. The van der Waals surface area contributed by atoms with Crippen molar-refractivity contribution in [2.45, 2.75) is 6.92 Å². The average molecular weight is 245 g/mol. The van der Waals surface area contributed by atoms with Crippen LogP contribution in [0.3, 0.4) is 0 Å². The molecule has 0 bridgehead atoms. The Morgan fingerprint density at radius 2 is 2.17 bits per heavy atom. The van der Waals surface area contributed by atoms with Crippen LogP contribution >= 0.6 is 0 Å². The molecule has 1 aromatic carbocycles. The third-order valence-corrected chi connectivity index (χ3v) is 2.95. The summed E-state index contributed by atoms with van der Waals surface area (Å²) in [5, 5.41) is 4.99. The molecule has 0 aliphatic rings. The first kappa shape index (κ1) is 10.8. The van der Waals surface area contributed by atoms with Crippen molar-refractivity contribution >= 4 is 16.7 Å². The number of rotatable bonds is 1. The molecule has 18 heavy (non-hydrogen) atoms. The highest BCUT2D eigenvalue weighted by atomic mass is 19.1. The SMILES string of the molecule is Cc1nc(F)c(-c2ccc3c(N)nn(C)c3c2)[nH]1. The van der Waals surface area contributed by atoms with Crippen LogP contribution in [0, 0.1) is 12.9 Å². The van der Waals surface area contributed by atoms with Crippen molar-refractivity contribution in [2.75, 3.05) is 5.73 Å². The van der Waals surface area contributed by atoms with Gasteiger partial charge in [0.2, 0.25) is 5.95 Å². The van der Waals surface area contributed by atoms with E-state index in [9.17, 15) is 4.39 Å². The van der Waals surface area contributed by atoms with E-state index in [0.717, 1.165) is 16.5 Å². The summed E-state index contributed by atoms with van der Waals surface area (Å²) in [4.78, 5) is 6.63. The summed E-state index contributed by atoms with van der Waals surface area (Å²) >= 11 is 0. The number of nitrogens with zero attached hydrogens (tertiary/aromatic N) is 3. The Morgan fingerprint density at radius 3 is 2.83 bits per heavy atom. The number of benzene rings is 1. The standard InChI is InChI=1S/C12H12FN5/c1-6-15-10(11(13)16-6)7-3-4-8-9(5-7)18(2)17-12(8)14/h3-5H,1-2H3,(H2,14,17)(H,15,16). The van der Waals surface area contributed by atoms with Crippen molar-refractivity contribution in [2.24, 2.45) is 7.05 Å². The van der Waals surface area contributed by atoms with Gasteiger partial charge in [-0.05, 0) is 19.1 Å². The summed E-state index contributed by atoms with van der Waals surface area (Å²) < 4.78 is 15.3. The van der Waals surface area contributed by atoms with Gasteiger partial charge in [0, 0.05) is 18.0 Å². The predicted octanol–water partition coefficient (Wildman–Crippen LogP) is 1.99. The number of aromatic nitrogens is 4. The number of nitrogens with two attached hydrogens (primary N) is 1. The molecule has 0 fully saturated rings. The highest BCUT2D eigenvalue weighted by Crippen LogP contribution is 2.27. The third-order valence-electron chi connectivity index (χ3n) is 2.95. The Labute approximate surface area is 102 Å². The number of nitrogens with one attached hydrogen (secondary N) is 1. The molecule has 6 heteroatoms. The minimum Gasteiger partial charge on any atom is -0.382 e. The highest BCUT2D eigenvalue weighted by molar-refractivity contribution is 5.91. The second-order valence-corrected chi connectivity index (χ2v) is 4.23. The number of aryl methyl sites for hydroxylation is 2. The summed E-state index contributed by atoms with van der Waals surface area (Å²) in [6.45, 7) is 1.72. The highest BCUT2D eigenvalue weighted by Gasteiger charge is 2.12. The zero-order valence-electron chi connectivity index (χ0n) is 10.0. The molecule has 3 rings (SSSR count). The Balaban J connectivity index is 2.25. The zero-order valence-corrected chi connectivity index (χ0v) is 10.0. The second kappa shape index (κ2) is 3.56. The fourth-order valence-corrected chi connectivity index (χ4v) is 2.10. The van der Waals surface area contributed by atoms with Gasteiger partial charge in [0.15, 0.2) is 5.82 Å². The first-order chi connectivity index (χ1) is 8.56. The van der Waals surface area contributed by atoms with E-state index in [0.29, 0.717) is 17.3 Å². The van der Waals surface area contributed by atoms with Gasteiger partial charge < -0.3 is 10.7 Å². The minimum absolute atomic E-state index is 0.383. The minimum atomic E-state index is -0.498. The molecule has 0 atom stereocenters. The summed E-state index contributed by atoms with van der Waals surface area (Å²) in [6, 6.07) is 5.48. The molecular weight excluding hydrogens is 233 g/mol. The number of hydrogen-bond donors (Lipinski definition) is 2. The molecule has 0 aliphatic heterocycles. The van der Waals surface area contributed by atoms with Crippen molar-refractivity contribution in [1.29, 1.82) is 0 Å². The van der Waals surface area contributed by atoms with Crippen LogP contribution in [-0.2, 0) is 7.05 Å². The van der Waals surface area contributed by atoms with Gasteiger partial charge in [0.1, 0.15) is 11.5 Å². The molecular formula is C12H12FN5. The molecule has 0 aliphatic carbocycles. The molecule has 0 amide bonds. The number of H-pyrrole nitrogens is 1. The Hall–Kier alpha value is -2.37. The van der Waals surface area contributed by atoms with Crippen molar-refractivity contribution in [1.82, 2.24) is 19.7 Å². The van der Waals surface area contributed by atoms with E-state index in [1.807, 2.05) is 12.1 Å². The van der Waals surface area contributed by atoms with Crippen molar-refractivity contribution in [3.63, 3.8) is 0 Å². The van der Waals surface area contributed by atoms with E-state index >= 15 is 0 Å². The van der Waals surface area contributed by atoms with Crippen molar-refractivity contribution in [3.8, 4) is 11.3 Å². The van der Waals surface area contributed by atoms with E-state index in [4.69, 9.17) is 5.73 Å². The van der Waals surface area contributed by atoms with Gasteiger partial charge in [-0.3, -0.25) is 4.68 Å². The maximum Gasteiger partial charge on any atom is 0.238 e. The quantitative estimate of drug-likeness (QED) is 0.688. The molecule has 2 aromatic heterocycles. The van der Waals surface area contributed by atoms with Gasteiger partial charge in [0.25, 0.3) is 0 Å². The Morgan fingerprint density at radius 1 is 1.39 bits per heavy atom. The average Bonchev–Trinajstić information content (AvgIpc) is 2.80. The first-order valence-electron chi connectivity index (χ1n) is 5.51. The number of hydrogen-bond acceptors (Lipinski definition) is 3. The Kier molecular flexibility index (Phi) is 2.13. The topological polar surface area (TPSA) is 72.5 Å². The first-order valence-corrected chi connectivity index (χ1v) is 5.51. The van der Waals surface area contributed by atoms with E-state index < -0.39 is 5.95 Å². The van der Waals surface area contributed by atoms with Gasteiger partial charge >= 0.3 is 0 Å². The van der Waals surface area contributed by atoms with Gasteiger partial charge in [-0.2, -0.15) is 9.49 Å². The number of aromatic amines is 1. The van der Waals surface area contributed by atoms with E-state index in [-0.39, 0.29) is 0 Å². The van der Waals surface area contributed by atoms with Crippen molar-refractivity contribution < 1.29 is 4.39 Å². The summed E-state index contributed by atoms with van der Waals surface area (Å²) in [5.74, 6) is 0.523. The largest absolute Gasteiger partial charge is 0.382 e. The van der Waals surface area contributed by atoms with Crippen LogP contribution in [0.1, 0.15) is 5.82 Å². The fraction of sp³-hybridized carbons (Fsp3) is 0.167. The van der Waals surface area contributed by atoms with Crippen LogP contribution in [0.5, 0.6) is 0 Å². The van der Waals surface area contributed by atoms with Crippen LogP contribution < -0.4 is 5.73 Å². The van der Waals surface area contributed by atoms with Gasteiger partial charge in [-0.15, -0.1) is 0 Å². The number of imidazole rings is 1. The molecule has 92 valence electrons. The van der Waals surface area contributed by atoms with E-state index in [2.05, 4.69) is 15.1 Å². The lowest BCUT2D eigenvalue weighted by atomic mass is 10.1. The lowest BCUT2D eigenvalue weighted by molar-refractivity contribution is 0.592. The maximum absolute atomic E-state index is 13.6. The summed E-state index contributed by atoms with van der Waals surface area (Å²) in [6.07, 6.45) is 0. The number of nitrogen functional groups attached to an aromatic ring is 1. The third kappa shape index (κ3) is 1.46. The molecule has 5 nitrogen and oxygen atoms in total. The van der Waals surface area contributed by atoms with Gasteiger partial charge in [-0.1, -0.05) is 6.07 Å². The number of anilines is 1. The summed E-state index contributed by atoms with van der Waals surface area (Å²) in [7, 11) is 1.80. The second-order valence-electron chi connectivity index (χ2n) is 4.23. The summed E-state index contributed by atoms with van der Waals surface area (Å²) in [5.41, 5.74) is 7.74. The smallest absolute Gasteiger partial charge is 0.238 e. The molecule has 2 heterocycles. The monoisotopic (exact) mass is 245 g/mol. The molecule has 3 N–H and O–H groups in total. The van der Waals surface area contributed by atoms with Crippen LogP contribution in [0.2, 0.25) is 0 Å². The molecule has 0 saturated heterocycles. The molecule has 0 spiro atoms. The van der Waals surface area contributed by atoms with Crippen LogP contribution in [0.25, 0.3) is 22.2 Å². The normalized spacial score (nSPS) is 11.3. The Bertz CT molecular complexity index is 740.